The van der Waals surface area contributed by atoms with Gasteiger partial charge in [0, 0.05) is 31.0 Å². The number of benzene rings is 2. The van der Waals surface area contributed by atoms with Gasteiger partial charge in [0.05, 0.1) is 14.2 Å². The van der Waals surface area contributed by atoms with Crippen LogP contribution < -0.4 is 9.47 Å². The van der Waals surface area contributed by atoms with Crippen LogP contribution in [0, 0.1) is 0 Å². The van der Waals surface area contributed by atoms with Gasteiger partial charge in [-0.3, -0.25) is 4.90 Å². The minimum Gasteiger partial charge on any atom is -0.504 e. The molecule has 2 N–H and O–H groups in total. The van der Waals surface area contributed by atoms with E-state index >= 15 is 0 Å². The number of aromatic hydroxyl groups is 2. The maximum absolute atomic E-state index is 12.6. The molecule has 2 aliphatic rings. The number of ether oxygens (including phenoxy) is 3. The lowest BCUT2D eigenvalue weighted by Crippen LogP contribution is -2.49. The number of carbonyl (C=O) groups is 1. The molecule has 3 unspecified atom stereocenters. The molecule has 0 saturated carbocycles. The number of hydrogen-bond donors (Lipinski definition) is 2. The summed E-state index contributed by atoms with van der Waals surface area (Å²) in [6, 6.07) is 10.8. The largest absolute Gasteiger partial charge is 0.504 e. The van der Waals surface area contributed by atoms with E-state index in [0.29, 0.717) is 24.0 Å². The number of methoxy groups -OCH3 is 2. The summed E-state index contributed by atoms with van der Waals surface area (Å²) in [7, 11) is 3.01. The zero-order valence-electron chi connectivity index (χ0n) is 19.1. The minimum atomic E-state index is -0.396. The maximum atomic E-state index is 12.6. The van der Waals surface area contributed by atoms with Crippen molar-refractivity contribution in [3.05, 3.63) is 53.6 Å². The predicted molar refractivity (Wildman–Crippen MR) is 125 cm³/mol. The molecule has 2 aromatic carbocycles. The molecule has 2 fully saturated rings. The van der Waals surface area contributed by atoms with Gasteiger partial charge in [0.15, 0.2) is 23.0 Å². The first kappa shape index (κ1) is 23.0. The van der Waals surface area contributed by atoms with E-state index < -0.39 is 5.97 Å². The monoisotopic (exact) mass is 453 g/mol. The standard InChI is InChI=1S/C26H31NO6/c1-31-24-10-8-18(14-23(24)29)21-16-20(15-19-5-3-4-12-27(19)21)33-26(30)11-7-17-6-9-22(28)25(13-17)32-2/h6-11,13-14,19-21,28-29H,3-5,12,15-16H2,1-2H3. The lowest BCUT2D eigenvalue weighted by atomic mass is 9.84. The fraction of sp³-hybridized carbons (Fsp3) is 0.423. The van der Waals surface area contributed by atoms with Crippen LogP contribution in [0.15, 0.2) is 42.5 Å². The number of phenols is 2. The second kappa shape index (κ2) is 10.2. The Kier molecular flexibility index (Phi) is 7.08. The van der Waals surface area contributed by atoms with Crippen molar-refractivity contribution in [2.45, 2.75) is 50.3 Å². The zero-order chi connectivity index (χ0) is 23.4. The van der Waals surface area contributed by atoms with Crippen LogP contribution in [0.4, 0.5) is 0 Å². The van der Waals surface area contributed by atoms with Crippen LogP contribution in [0.5, 0.6) is 23.0 Å². The van der Waals surface area contributed by atoms with Gasteiger partial charge >= 0.3 is 5.97 Å². The van der Waals surface area contributed by atoms with Crippen molar-refractivity contribution in [2.24, 2.45) is 0 Å². The zero-order valence-corrected chi connectivity index (χ0v) is 19.1. The molecule has 0 aromatic heterocycles. The van der Waals surface area contributed by atoms with Gasteiger partial charge in [-0.2, -0.15) is 0 Å². The molecule has 0 amide bonds. The summed E-state index contributed by atoms with van der Waals surface area (Å²) in [6.07, 6.45) is 7.75. The Labute approximate surface area is 194 Å². The topological polar surface area (TPSA) is 88.5 Å². The molecule has 2 heterocycles. The molecule has 7 heteroatoms. The third-order valence-electron chi connectivity index (χ3n) is 6.58. The van der Waals surface area contributed by atoms with Crippen molar-refractivity contribution in [1.29, 1.82) is 0 Å². The first-order chi connectivity index (χ1) is 16.0. The van der Waals surface area contributed by atoms with Gasteiger partial charge in [-0.1, -0.05) is 18.6 Å². The van der Waals surface area contributed by atoms with E-state index in [9.17, 15) is 15.0 Å². The molecule has 2 aromatic rings. The minimum absolute atomic E-state index is 0.0482. The molecule has 0 aliphatic carbocycles. The summed E-state index contributed by atoms with van der Waals surface area (Å²) in [6.45, 7) is 1.01. The van der Waals surface area contributed by atoms with E-state index in [0.717, 1.165) is 36.9 Å². The highest BCUT2D eigenvalue weighted by molar-refractivity contribution is 5.87. The van der Waals surface area contributed by atoms with Crippen LogP contribution >= 0.6 is 0 Å². The summed E-state index contributed by atoms with van der Waals surface area (Å²) in [5, 5.41) is 20.0. The van der Waals surface area contributed by atoms with Gasteiger partial charge in [0.1, 0.15) is 6.10 Å². The molecule has 0 bridgehead atoms. The molecule has 4 rings (SSSR count). The van der Waals surface area contributed by atoms with Crippen LogP contribution in [-0.2, 0) is 9.53 Å². The highest BCUT2D eigenvalue weighted by atomic mass is 16.5. The van der Waals surface area contributed by atoms with Gasteiger partial charge in [-0.05, 0) is 60.9 Å². The molecule has 3 atom stereocenters. The number of carbonyl (C=O) groups excluding carboxylic acids is 1. The third kappa shape index (κ3) is 5.25. The Morgan fingerprint density at radius 1 is 1.00 bits per heavy atom. The highest BCUT2D eigenvalue weighted by Crippen LogP contribution is 2.41. The molecule has 176 valence electrons. The third-order valence-corrected chi connectivity index (χ3v) is 6.58. The molecule has 0 radical (unpaired) electrons. The second-order valence-corrected chi connectivity index (χ2v) is 8.63. The Hall–Kier alpha value is -3.19. The van der Waals surface area contributed by atoms with Crippen LogP contribution in [0.3, 0.4) is 0 Å². The molecule has 0 spiro atoms. The van der Waals surface area contributed by atoms with Crippen molar-refractivity contribution in [3.63, 3.8) is 0 Å². The number of phenolic OH excluding ortho intramolecular Hbond substituents is 2. The molecule has 2 aliphatic heterocycles. The van der Waals surface area contributed by atoms with E-state index in [1.807, 2.05) is 6.07 Å². The van der Waals surface area contributed by atoms with E-state index in [2.05, 4.69) is 4.90 Å². The van der Waals surface area contributed by atoms with Crippen LogP contribution in [0.1, 0.15) is 49.3 Å². The Bertz CT molecular complexity index is 1020. The average Bonchev–Trinajstić information content (AvgIpc) is 2.83. The summed E-state index contributed by atoms with van der Waals surface area (Å²) in [5.74, 6) is 0.569. The summed E-state index contributed by atoms with van der Waals surface area (Å²) in [4.78, 5) is 15.1. The van der Waals surface area contributed by atoms with Crippen LogP contribution in [0.2, 0.25) is 0 Å². The molecular weight excluding hydrogens is 422 g/mol. The van der Waals surface area contributed by atoms with Crippen molar-refractivity contribution >= 4 is 12.0 Å². The smallest absolute Gasteiger partial charge is 0.331 e. The number of fused-ring (bicyclic) bond motifs is 1. The first-order valence-electron chi connectivity index (χ1n) is 11.4. The van der Waals surface area contributed by atoms with Crippen LogP contribution in [-0.4, -0.2) is 54.0 Å². The predicted octanol–water partition coefficient (Wildman–Crippen LogP) is 4.43. The van der Waals surface area contributed by atoms with Crippen molar-refractivity contribution in [3.8, 4) is 23.0 Å². The van der Waals surface area contributed by atoms with Crippen molar-refractivity contribution in [1.82, 2.24) is 4.90 Å². The van der Waals surface area contributed by atoms with Gasteiger partial charge in [-0.15, -0.1) is 0 Å². The normalized spacial score (nSPS) is 23.2. The lowest BCUT2D eigenvalue weighted by Gasteiger charge is -2.47. The highest BCUT2D eigenvalue weighted by Gasteiger charge is 2.39. The number of rotatable bonds is 6. The molecular formula is C26H31NO6. The number of nitrogens with zero attached hydrogens (tertiary/aromatic N) is 1. The summed E-state index contributed by atoms with van der Waals surface area (Å²) >= 11 is 0. The van der Waals surface area contributed by atoms with Gasteiger partial charge in [0.25, 0.3) is 0 Å². The summed E-state index contributed by atoms with van der Waals surface area (Å²) < 4.78 is 16.1. The SMILES string of the molecule is COc1ccc(C2CC(OC(=O)C=Cc3ccc(O)c(OC)c3)CC3CCCCN32)cc1O. The first-order valence-corrected chi connectivity index (χ1v) is 11.4. The van der Waals surface area contributed by atoms with E-state index in [-0.39, 0.29) is 23.6 Å². The van der Waals surface area contributed by atoms with Gasteiger partial charge < -0.3 is 24.4 Å². The fourth-order valence-corrected chi connectivity index (χ4v) is 4.97. The number of piperidine rings is 2. The molecule has 33 heavy (non-hydrogen) atoms. The summed E-state index contributed by atoms with van der Waals surface area (Å²) in [5.41, 5.74) is 1.74. The second-order valence-electron chi connectivity index (χ2n) is 8.63. The quantitative estimate of drug-likeness (QED) is 0.494. The average molecular weight is 454 g/mol. The van der Waals surface area contributed by atoms with Crippen molar-refractivity contribution in [2.75, 3.05) is 20.8 Å². The lowest BCUT2D eigenvalue weighted by molar-refractivity contribution is -0.148. The van der Waals surface area contributed by atoms with Gasteiger partial charge in [0.2, 0.25) is 0 Å². The molecule has 7 nitrogen and oxygen atoms in total. The van der Waals surface area contributed by atoms with Gasteiger partial charge in [-0.25, -0.2) is 4.79 Å². The van der Waals surface area contributed by atoms with Crippen LogP contribution in [0.25, 0.3) is 6.08 Å². The van der Waals surface area contributed by atoms with Crippen molar-refractivity contribution < 1.29 is 29.2 Å². The van der Waals surface area contributed by atoms with E-state index in [1.165, 1.54) is 32.8 Å². The fourth-order valence-electron chi connectivity index (χ4n) is 4.97. The van der Waals surface area contributed by atoms with E-state index in [1.54, 1.807) is 30.3 Å². The Morgan fingerprint density at radius 2 is 1.82 bits per heavy atom. The molecule has 2 saturated heterocycles. The maximum Gasteiger partial charge on any atom is 0.331 e. The number of hydrogen-bond acceptors (Lipinski definition) is 7. The number of esters is 1. The Balaban J connectivity index is 1.47. The Morgan fingerprint density at radius 3 is 2.58 bits per heavy atom. The van der Waals surface area contributed by atoms with E-state index in [4.69, 9.17) is 14.2 Å².